The quantitative estimate of drug-likeness (QED) is 0.242. The Morgan fingerprint density at radius 3 is 2.32 bits per heavy atom. The Morgan fingerprint density at radius 2 is 1.81 bits per heavy atom. The number of benzene rings is 1. The molecular weight excluding hydrogens is 600 g/mol. The molecule has 1 aliphatic heterocycles. The molecule has 0 unspecified atom stereocenters. The molecule has 0 N–H and O–H groups in total. The van der Waals surface area contributed by atoms with Gasteiger partial charge in [0.15, 0.2) is 0 Å². The Morgan fingerprint density at radius 1 is 1.03 bits per heavy atom. The molecule has 2 aromatic heterocycles. The van der Waals surface area contributed by atoms with Gasteiger partial charge in [-0.15, -0.1) is 18.8 Å². The Bertz CT molecular complexity index is 1010. The first kappa shape index (κ1) is 24.4. The molecule has 0 spiro atoms. The number of hydrazone groups is 1. The number of halogens is 5. The zero-order valence-electron chi connectivity index (χ0n) is 15.7. The van der Waals surface area contributed by atoms with Crippen LogP contribution in [-0.4, -0.2) is 28.3 Å². The summed E-state index contributed by atoms with van der Waals surface area (Å²) in [6.45, 7) is 1.64. The molecule has 0 atom stereocenters. The molecule has 0 saturated carbocycles. The fourth-order valence-corrected chi connectivity index (χ4v) is 2.29. The third-order valence-electron chi connectivity index (χ3n) is 3.69. The zero-order valence-corrected chi connectivity index (χ0v) is 18.0. The van der Waals surface area contributed by atoms with E-state index in [4.69, 9.17) is 0 Å². The van der Waals surface area contributed by atoms with Crippen molar-refractivity contribution in [2.45, 2.75) is 6.18 Å². The van der Waals surface area contributed by atoms with Crippen molar-refractivity contribution in [1.82, 2.24) is 14.9 Å². The third kappa shape index (κ3) is 6.55. The van der Waals surface area contributed by atoms with Gasteiger partial charge in [0.25, 0.3) is 0 Å². The number of aromatic nitrogens is 2. The van der Waals surface area contributed by atoms with E-state index in [9.17, 15) is 22.0 Å². The molecule has 0 bridgehead atoms. The molecule has 31 heavy (non-hydrogen) atoms. The monoisotopic (exact) mass is 613 g/mol. The van der Waals surface area contributed by atoms with Crippen LogP contribution in [0.4, 0.5) is 27.6 Å². The summed E-state index contributed by atoms with van der Waals surface area (Å²) >= 11 is 0. The topological polar surface area (TPSA) is 44.6 Å². The number of hydrogen-bond donors (Lipinski definition) is 0. The summed E-state index contributed by atoms with van der Waals surface area (Å²) in [6.07, 6.45) is -1.26. The Balaban J connectivity index is 0.000000215. The van der Waals surface area contributed by atoms with Crippen LogP contribution >= 0.6 is 0 Å². The summed E-state index contributed by atoms with van der Waals surface area (Å²) < 4.78 is 62.4. The summed E-state index contributed by atoms with van der Waals surface area (Å²) in [5.74, 6) is -1.79. The van der Waals surface area contributed by atoms with E-state index in [-0.39, 0.29) is 26.6 Å². The van der Waals surface area contributed by atoms with Crippen LogP contribution < -0.4 is 5.01 Å². The molecule has 166 valence electrons. The molecule has 11 heteroatoms. The number of anilines is 1. The van der Waals surface area contributed by atoms with Crippen LogP contribution in [0.3, 0.4) is 0 Å². The van der Waals surface area contributed by atoms with E-state index >= 15 is 0 Å². The van der Waals surface area contributed by atoms with Gasteiger partial charge in [-0.3, -0.25) is 4.98 Å². The van der Waals surface area contributed by atoms with Gasteiger partial charge in [-0.1, -0.05) is 35.0 Å². The standard InChI is InChI=1S/C10H8F3N3.C10H5F2N2.Pt/c1-15-6-14-16(7-15)9-4-2-8(3-5-9)10(11,12)13;11-9-5-4-7(10(12)14-9)8-3-1-2-6-13-8;/h2-4,6-7H,1H3;1-3,5-6H;/q-2;-1;. The molecule has 0 aliphatic carbocycles. The van der Waals surface area contributed by atoms with Gasteiger partial charge in [0, 0.05) is 27.3 Å². The van der Waals surface area contributed by atoms with Crippen molar-refractivity contribution in [3.63, 3.8) is 0 Å². The van der Waals surface area contributed by atoms with E-state index in [1.165, 1.54) is 17.3 Å². The van der Waals surface area contributed by atoms with E-state index in [1.54, 1.807) is 43.2 Å². The summed E-state index contributed by atoms with van der Waals surface area (Å²) in [7, 11) is 1.77. The van der Waals surface area contributed by atoms with Crippen LogP contribution in [0.25, 0.3) is 11.3 Å². The molecule has 3 aromatic rings. The van der Waals surface area contributed by atoms with E-state index < -0.39 is 23.6 Å². The number of hydrogen-bond acceptors (Lipinski definition) is 5. The van der Waals surface area contributed by atoms with Gasteiger partial charge in [-0.2, -0.15) is 36.5 Å². The number of nitrogens with zero attached hydrogens (tertiary/aromatic N) is 5. The van der Waals surface area contributed by atoms with Gasteiger partial charge in [0.05, 0.1) is 6.34 Å². The first-order chi connectivity index (χ1) is 14.2. The SMILES string of the molecule is CN1C=NN(c2[c-]cc(C(F)(F)F)cc2)[CH-]1.Fc1c[c-]c(-c2ccccn2)c(F)n1.[Pt]. The van der Waals surface area contributed by atoms with E-state index in [1.807, 2.05) is 0 Å². The van der Waals surface area contributed by atoms with Crippen LogP contribution in [0.2, 0.25) is 0 Å². The van der Waals surface area contributed by atoms with Gasteiger partial charge in [-0.25, -0.2) is 8.78 Å². The first-order valence-corrected chi connectivity index (χ1v) is 8.38. The summed E-state index contributed by atoms with van der Waals surface area (Å²) in [6, 6.07) is 14.2. The average molecular weight is 613 g/mol. The minimum atomic E-state index is -4.33. The number of pyridine rings is 2. The van der Waals surface area contributed by atoms with Crippen molar-refractivity contribution in [2.24, 2.45) is 5.10 Å². The maximum absolute atomic E-state index is 13.1. The molecular formula is C20H13F5N5Pt-3. The third-order valence-corrected chi connectivity index (χ3v) is 3.69. The summed E-state index contributed by atoms with van der Waals surface area (Å²) in [4.78, 5) is 8.64. The van der Waals surface area contributed by atoms with Crippen LogP contribution in [0.15, 0.2) is 53.8 Å². The second-order valence-electron chi connectivity index (χ2n) is 5.92. The largest absolute Gasteiger partial charge is 0.493 e. The first-order valence-electron chi connectivity index (χ1n) is 8.38. The Kier molecular flexibility index (Phi) is 8.21. The molecule has 0 saturated heterocycles. The maximum atomic E-state index is 13.1. The second-order valence-corrected chi connectivity index (χ2v) is 5.92. The van der Waals surface area contributed by atoms with Crippen LogP contribution in [0.1, 0.15) is 5.56 Å². The Labute approximate surface area is 189 Å². The zero-order chi connectivity index (χ0) is 21.7. The minimum absolute atomic E-state index is 0. The molecule has 5 nitrogen and oxygen atoms in total. The van der Waals surface area contributed by atoms with Gasteiger partial charge in [-0.05, 0) is 18.8 Å². The van der Waals surface area contributed by atoms with E-state index in [0.717, 1.165) is 18.2 Å². The predicted octanol–water partition coefficient (Wildman–Crippen LogP) is 4.54. The molecule has 0 amide bonds. The normalized spacial score (nSPS) is 12.8. The minimum Gasteiger partial charge on any atom is -0.493 e. The number of rotatable bonds is 2. The van der Waals surface area contributed by atoms with Crippen molar-refractivity contribution >= 4 is 12.0 Å². The summed E-state index contributed by atoms with van der Waals surface area (Å²) in [5.41, 5.74) is 0.214. The predicted molar refractivity (Wildman–Crippen MR) is 99.5 cm³/mol. The Hall–Kier alpha value is -2.87. The molecule has 1 aromatic carbocycles. The molecule has 0 fully saturated rings. The summed E-state index contributed by atoms with van der Waals surface area (Å²) in [5, 5.41) is 5.39. The second kappa shape index (κ2) is 10.4. The van der Waals surface area contributed by atoms with E-state index in [0.29, 0.717) is 11.4 Å². The van der Waals surface area contributed by atoms with Crippen molar-refractivity contribution < 1.29 is 43.0 Å². The van der Waals surface area contributed by atoms with E-state index in [2.05, 4.69) is 27.2 Å². The molecule has 4 rings (SSSR count). The van der Waals surface area contributed by atoms with Crippen LogP contribution in [0, 0.1) is 30.7 Å². The van der Waals surface area contributed by atoms with Gasteiger partial charge in [0.2, 0.25) is 0 Å². The maximum Gasteiger partial charge on any atom is 0.370 e. The molecule has 1 aliphatic rings. The fourth-order valence-electron chi connectivity index (χ4n) is 2.29. The number of alkyl halides is 3. The van der Waals surface area contributed by atoms with Crippen molar-refractivity contribution in [3.8, 4) is 11.3 Å². The van der Waals surface area contributed by atoms with Gasteiger partial charge in [0.1, 0.15) is 11.9 Å². The van der Waals surface area contributed by atoms with Crippen molar-refractivity contribution in [3.05, 3.63) is 84.9 Å². The fraction of sp³-hybridized carbons (Fsp3) is 0.100. The van der Waals surface area contributed by atoms with Crippen LogP contribution in [0.5, 0.6) is 0 Å². The van der Waals surface area contributed by atoms with Crippen molar-refractivity contribution in [1.29, 1.82) is 0 Å². The van der Waals surface area contributed by atoms with Gasteiger partial charge >= 0.3 is 6.18 Å². The smallest absolute Gasteiger partial charge is 0.370 e. The van der Waals surface area contributed by atoms with Crippen LogP contribution in [-0.2, 0) is 27.2 Å². The van der Waals surface area contributed by atoms with Gasteiger partial charge < -0.3 is 14.9 Å². The van der Waals surface area contributed by atoms with Crippen molar-refractivity contribution in [2.75, 3.05) is 12.1 Å². The molecule has 0 radical (unpaired) electrons. The average Bonchev–Trinajstić information content (AvgIpc) is 3.15. The molecule has 3 heterocycles.